The van der Waals surface area contributed by atoms with Crippen LogP contribution in [0.1, 0.15) is 196 Å². The van der Waals surface area contributed by atoms with Crippen LogP contribution >= 0.6 is 0 Å². The molecule has 9 heteroatoms. The van der Waals surface area contributed by atoms with Crippen LogP contribution in [0, 0.1) is 11.8 Å². The van der Waals surface area contributed by atoms with E-state index >= 15 is 0 Å². The second kappa shape index (κ2) is 18.4. The number of ether oxygens (including phenoxy) is 1. The molecule has 0 radical (unpaired) electrons. The van der Waals surface area contributed by atoms with Gasteiger partial charge in [-0.15, -0.1) is 0 Å². The Labute approximate surface area is 310 Å². The number of hydrazine groups is 1. The number of unbranched alkanes of at least 4 members (excludes halogenated alkanes) is 13. The first-order chi connectivity index (χ1) is 24.3. The van der Waals surface area contributed by atoms with Gasteiger partial charge < -0.3 is 9.64 Å². The lowest BCUT2D eigenvalue weighted by Crippen LogP contribution is -2.72. The van der Waals surface area contributed by atoms with Gasteiger partial charge in [-0.05, 0) is 65.8 Å². The number of hydrogen-bond acceptors (Lipinski definition) is 6. The molecule has 1 N–H and O–H groups in total. The minimum absolute atomic E-state index is 0.101. The molecule has 5 unspecified atom stereocenters. The maximum absolute atomic E-state index is 14.8. The maximum atomic E-state index is 14.8. The van der Waals surface area contributed by atoms with Gasteiger partial charge in [0.15, 0.2) is 5.60 Å². The summed E-state index contributed by atoms with van der Waals surface area (Å²) < 4.78 is 7.17. The SMILES string of the molecule is CCCCCCCCCCCCCCCCC1CC(=O)N(NC(=O)CN2C(=O)C3(CC(C)(CC)N(C)C(C)(CC)C3C)OC23CCCCC3)C1=O. The van der Waals surface area contributed by atoms with Crippen molar-refractivity contribution in [3.8, 4) is 0 Å². The molecule has 292 valence electrons. The summed E-state index contributed by atoms with van der Waals surface area (Å²) in [7, 11) is 2.17. The van der Waals surface area contributed by atoms with Gasteiger partial charge in [0.1, 0.15) is 12.3 Å². The summed E-state index contributed by atoms with van der Waals surface area (Å²) in [4.78, 5) is 58.9. The molecule has 0 aromatic heterocycles. The Morgan fingerprint density at radius 1 is 0.804 bits per heavy atom. The van der Waals surface area contributed by atoms with Crippen molar-refractivity contribution in [3.05, 3.63) is 0 Å². The molecule has 9 nitrogen and oxygen atoms in total. The van der Waals surface area contributed by atoms with Crippen molar-refractivity contribution in [3.63, 3.8) is 0 Å². The molecule has 0 aromatic carbocycles. The number of nitrogens with zero attached hydrogens (tertiary/aromatic N) is 3. The number of imide groups is 1. The van der Waals surface area contributed by atoms with Gasteiger partial charge in [0.25, 0.3) is 17.7 Å². The van der Waals surface area contributed by atoms with E-state index in [0.29, 0.717) is 25.7 Å². The number of carbonyl (C=O) groups is 4. The zero-order valence-corrected chi connectivity index (χ0v) is 33.7. The van der Waals surface area contributed by atoms with Gasteiger partial charge in [0, 0.05) is 35.8 Å². The highest BCUT2D eigenvalue weighted by Crippen LogP contribution is 2.57. The number of piperidine rings is 1. The van der Waals surface area contributed by atoms with Crippen LogP contribution in [0.4, 0.5) is 0 Å². The molecule has 0 aromatic rings. The number of hydrogen-bond donors (Lipinski definition) is 1. The number of amides is 4. The largest absolute Gasteiger partial charge is 0.339 e. The van der Waals surface area contributed by atoms with Crippen molar-refractivity contribution in [1.82, 2.24) is 20.2 Å². The van der Waals surface area contributed by atoms with E-state index in [1.807, 2.05) is 0 Å². The van der Waals surface area contributed by atoms with E-state index in [2.05, 4.69) is 58.9 Å². The first-order valence-electron chi connectivity index (χ1n) is 21.3. The van der Waals surface area contributed by atoms with Crippen LogP contribution < -0.4 is 5.43 Å². The number of carbonyl (C=O) groups excluding carboxylic acids is 4. The molecule has 51 heavy (non-hydrogen) atoms. The van der Waals surface area contributed by atoms with Crippen molar-refractivity contribution in [2.24, 2.45) is 11.8 Å². The second-order valence-corrected chi connectivity index (χ2v) is 17.3. The van der Waals surface area contributed by atoms with E-state index in [-0.39, 0.29) is 47.7 Å². The molecular weight excluding hydrogens is 640 g/mol. The Balaban J connectivity index is 1.28. The van der Waals surface area contributed by atoms with Crippen LogP contribution in [0.2, 0.25) is 0 Å². The molecule has 4 amide bonds. The number of rotatable bonds is 20. The molecule has 1 saturated carbocycles. The lowest BCUT2D eigenvalue weighted by atomic mass is 9.61. The fourth-order valence-corrected chi connectivity index (χ4v) is 10.0. The lowest BCUT2D eigenvalue weighted by molar-refractivity contribution is -0.229. The first kappa shape index (κ1) is 41.8. The zero-order chi connectivity index (χ0) is 37.3. The van der Waals surface area contributed by atoms with E-state index in [9.17, 15) is 19.2 Å². The van der Waals surface area contributed by atoms with Crippen LogP contribution in [-0.2, 0) is 23.9 Å². The minimum Gasteiger partial charge on any atom is -0.339 e. The minimum atomic E-state index is -1.04. The average molecular weight is 715 g/mol. The molecule has 3 heterocycles. The Kier molecular flexibility index (Phi) is 15.0. The van der Waals surface area contributed by atoms with E-state index in [1.54, 1.807) is 4.90 Å². The van der Waals surface area contributed by atoms with Crippen LogP contribution in [-0.4, -0.2) is 74.4 Å². The van der Waals surface area contributed by atoms with Crippen molar-refractivity contribution in [2.75, 3.05) is 13.6 Å². The molecule has 3 saturated heterocycles. The molecule has 0 bridgehead atoms. The highest BCUT2D eigenvalue weighted by Gasteiger charge is 2.70. The summed E-state index contributed by atoms with van der Waals surface area (Å²) in [5.41, 5.74) is 0.209. The first-order valence-corrected chi connectivity index (χ1v) is 21.3. The van der Waals surface area contributed by atoms with E-state index in [0.717, 1.165) is 56.4 Å². The topological polar surface area (TPSA) is 99.3 Å². The molecular formula is C42H74N4O5. The van der Waals surface area contributed by atoms with Crippen LogP contribution in [0.15, 0.2) is 0 Å². The van der Waals surface area contributed by atoms with Crippen molar-refractivity contribution in [2.45, 2.75) is 218 Å². The third-order valence-corrected chi connectivity index (χ3v) is 14.1. The van der Waals surface area contributed by atoms with Crippen LogP contribution in [0.5, 0.6) is 0 Å². The summed E-state index contributed by atoms with van der Waals surface area (Å²) in [6.45, 7) is 13.0. The quantitative estimate of drug-likeness (QED) is 0.1000. The van der Waals surface area contributed by atoms with Gasteiger partial charge >= 0.3 is 0 Å². The van der Waals surface area contributed by atoms with Gasteiger partial charge in [-0.25, -0.2) is 0 Å². The van der Waals surface area contributed by atoms with E-state index < -0.39 is 23.2 Å². The molecule has 3 aliphatic heterocycles. The summed E-state index contributed by atoms with van der Waals surface area (Å²) in [6.07, 6.45) is 25.2. The van der Waals surface area contributed by atoms with Crippen LogP contribution in [0.3, 0.4) is 0 Å². The Morgan fingerprint density at radius 3 is 1.88 bits per heavy atom. The van der Waals surface area contributed by atoms with Gasteiger partial charge in [-0.2, -0.15) is 5.01 Å². The number of nitrogens with one attached hydrogen (secondary N) is 1. The summed E-state index contributed by atoms with van der Waals surface area (Å²) in [5.74, 6) is -1.80. The summed E-state index contributed by atoms with van der Waals surface area (Å²) >= 11 is 0. The zero-order valence-electron chi connectivity index (χ0n) is 33.7. The fourth-order valence-electron chi connectivity index (χ4n) is 10.0. The average Bonchev–Trinajstić information content (AvgIpc) is 3.50. The van der Waals surface area contributed by atoms with E-state index in [1.165, 1.54) is 70.6 Å². The molecule has 2 spiro atoms. The van der Waals surface area contributed by atoms with Gasteiger partial charge in [0.05, 0.1) is 0 Å². The van der Waals surface area contributed by atoms with Gasteiger partial charge in [0.2, 0.25) is 5.91 Å². The Bertz CT molecular complexity index is 1190. The maximum Gasteiger partial charge on any atom is 0.258 e. The third kappa shape index (κ3) is 9.04. The molecule has 4 rings (SSSR count). The number of likely N-dealkylation sites (tertiary alicyclic amines) is 1. The lowest BCUT2D eigenvalue weighted by Gasteiger charge is -2.62. The predicted molar refractivity (Wildman–Crippen MR) is 203 cm³/mol. The normalized spacial score (nSPS) is 31.1. The molecule has 1 aliphatic carbocycles. The standard InChI is InChI=1S/C42H74N4O5/c1-8-11-12-13-14-15-16-17-18-19-20-21-22-24-27-34-30-36(48)46(37(34)49)43-35(47)31-45-38(50)42(51-41(45)28-25-23-26-29-41)32-39(5,9-2)44(7)40(6,10-3)33(42)4/h33-34H,8-32H2,1-7H3,(H,43,47). The fraction of sp³-hybridized carbons (Fsp3) is 0.905. The highest BCUT2D eigenvalue weighted by molar-refractivity contribution is 6.05. The van der Waals surface area contributed by atoms with Crippen LogP contribution in [0.25, 0.3) is 0 Å². The third-order valence-electron chi connectivity index (χ3n) is 14.1. The van der Waals surface area contributed by atoms with Crippen molar-refractivity contribution >= 4 is 23.6 Å². The van der Waals surface area contributed by atoms with Crippen molar-refractivity contribution in [1.29, 1.82) is 0 Å². The summed E-state index contributed by atoms with van der Waals surface area (Å²) in [6, 6.07) is 0. The second-order valence-electron chi connectivity index (χ2n) is 17.3. The van der Waals surface area contributed by atoms with Gasteiger partial charge in [-0.1, -0.05) is 124 Å². The molecule has 4 fully saturated rings. The highest BCUT2D eigenvalue weighted by atomic mass is 16.6. The van der Waals surface area contributed by atoms with E-state index in [4.69, 9.17) is 4.74 Å². The van der Waals surface area contributed by atoms with Gasteiger partial charge in [-0.3, -0.25) is 29.5 Å². The molecule has 5 atom stereocenters. The molecule has 4 aliphatic rings. The Hall–Kier alpha value is -2.00. The monoisotopic (exact) mass is 715 g/mol. The smallest absolute Gasteiger partial charge is 0.258 e. The summed E-state index contributed by atoms with van der Waals surface area (Å²) in [5, 5.41) is 0.933. The van der Waals surface area contributed by atoms with Crippen molar-refractivity contribution < 1.29 is 23.9 Å². The predicted octanol–water partition coefficient (Wildman–Crippen LogP) is 8.83. The Morgan fingerprint density at radius 2 is 1.35 bits per heavy atom.